The zero-order chi connectivity index (χ0) is 24.9. The predicted molar refractivity (Wildman–Crippen MR) is 124 cm³/mol. The Morgan fingerprint density at radius 2 is 1.59 bits per heavy atom. The van der Waals surface area contributed by atoms with Gasteiger partial charge in [0.1, 0.15) is 6.17 Å². The fourth-order valence-corrected chi connectivity index (χ4v) is 4.07. The number of hydrogen-bond acceptors (Lipinski definition) is 9. The quantitative estimate of drug-likeness (QED) is 0.390. The summed E-state index contributed by atoms with van der Waals surface area (Å²) in [6.07, 6.45) is 1.34. The van der Waals surface area contributed by atoms with Crippen LogP contribution >= 0.6 is 0 Å². The zero-order valence-electron chi connectivity index (χ0n) is 19.0. The molecule has 2 N–H and O–H groups in total. The summed E-state index contributed by atoms with van der Waals surface area (Å²) in [6.45, 7) is 4.73. The van der Waals surface area contributed by atoms with Gasteiger partial charge >= 0.3 is 10.4 Å². The van der Waals surface area contributed by atoms with Gasteiger partial charge in [-0.3, -0.25) is 28.4 Å². The standard InChI is InChI=1S/C22H24N2O4.CH4O4S/c1-2-6-19(23-11-13-28-14-12-23)24(27)18-10-5-9-17-20(18)22(26)16-8-4-3-7-15(16)21(17)25;1-5-6(2,3)4/h3-5,7-10,19,27H,2,6,11-14H2,1H3;1H3,(H,2,3,4). The zero-order valence-corrected chi connectivity index (χ0v) is 19.8. The van der Waals surface area contributed by atoms with E-state index in [2.05, 4.69) is 16.0 Å². The number of ether oxygens (including phenoxy) is 1. The number of hydrogen-bond donors (Lipinski definition) is 2. The topological polar surface area (TPSA) is 134 Å². The summed E-state index contributed by atoms with van der Waals surface area (Å²) in [7, 11) is -3.29. The Hall–Kier alpha value is -2.67. The van der Waals surface area contributed by atoms with Crippen molar-refractivity contribution in [3.8, 4) is 0 Å². The lowest BCUT2D eigenvalue weighted by Crippen LogP contribution is -2.52. The van der Waals surface area contributed by atoms with Crippen LogP contribution < -0.4 is 5.06 Å². The molecule has 0 saturated carbocycles. The molecule has 34 heavy (non-hydrogen) atoms. The maximum atomic E-state index is 13.2. The van der Waals surface area contributed by atoms with E-state index in [1.54, 1.807) is 42.5 Å². The number of carbonyl (C=O) groups is 2. The lowest BCUT2D eigenvalue weighted by Gasteiger charge is -2.40. The molecule has 1 unspecified atom stereocenters. The van der Waals surface area contributed by atoms with Crippen molar-refractivity contribution in [1.29, 1.82) is 0 Å². The smallest absolute Gasteiger partial charge is 0.379 e. The number of carbonyl (C=O) groups excluding carboxylic acids is 2. The van der Waals surface area contributed by atoms with Crippen molar-refractivity contribution in [2.75, 3.05) is 38.5 Å². The Balaban J connectivity index is 0.000000481. The predicted octanol–water partition coefficient (Wildman–Crippen LogP) is 2.55. The molecule has 1 atom stereocenters. The van der Waals surface area contributed by atoms with Gasteiger partial charge in [-0.25, -0.2) is 5.06 Å². The Morgan fingerprint density at radius 3 is 2.15 bits per heavy atom. The number of benzene rings is 2. The fourth-order valence-electron chi connectivity index (χ4n) is 4.07. The molecule has 11 heteroatoms. The van der Waals surface area contributed by atoms with Crippen molar-refractivity contribution in [2.45, 2.75) is 25.9 Å². The van der Waals surface area contributed by atoms with Crippen LogP contribution in [0.2, 0.25) is 0 Å². The Labute approximate surface area is 198 Å². The third-order valence-electron chi connectivity index (χ3n) is 5.68. The summed E-state index contributed by atoms with van der Waals surface area (Å²) in [5.41, 5.74) is 1.81. The molecule has 0 bridgehead atoms. The molecule has 2 aromatic rings. The van der Waals surface area contributed by atoms with Crippen LogP contribution in [-0.2, 0) is 19.3 Å². The Bertz CT molecular complexity index is 1150. The van der Waals surface area contributed by atoms with Crippen LogP contribution in [0.15, 0.2) is 42.5 Å². The van der Waals surface area contributed by atoms with E-state index in [1.165, 1.54) is 5.06 Å². The van der Waals surface area contributed by atoms with Gasteiger partial charge in [0.05, 0.1) is 31.6 Å². The van der Waals surface area contributed by atoms with Gasteiger partial charge in [-0.2, -0.15) is 8.42 Å². The van der Waals surface area contributed by atoms with Crippen LogP contribution in [-0.4, -0.2) is 74.2 Å². The second-order valence-corrected chi connectivity index (χ2v) is 8.95. The van der Waals surface area contributed by atoms with E-state index in [4.69, 9.17) is 9.29 Å². The minimum atomic E-state index is -4.16. The highest BCUT2D eigenvalue weighted by Gasteiger charge is 2.35. The van der Waals surface area contributed by atoms with Crippen molar-refractivity contribution in [3.63, 3.8) is 0 Å². The second-order valence-electron chi connectivity index (χ2n) is 7.76. The highest BCUT2D eigenvalue weighted by Crippen LogP contribution is 2.34. The van der Waals surface area contributed by atoms with Crippen LogP contribution in [0.4, 0.5) is 5.69 Å². The van der Waals surface area contributed by atoms with Crippen LogP contribution in [0.1, 0.15) is 51.6 Å². The highest BCUT2D eigenvalue weighted by atomic mass is 32.3. The van der Waals surface area contributed by atoms with E-state index in [0.717, 1.165) is 20.0 Å². The normalized spacial score (nSPS) is 16.7. The second kappa shape index (κ2) is 11.2. The maximum Gasteiger partial charge on any atom is 0.397 e. The minimum Gasteiger partial charge on any atom is -0.379 e. The first kappa shape index (κ1) is 25.9. The van der Waals surface area contributed by atoms with E-state index in [0.29, 0.717) is 48.7 Å². The molecular formula is C23H28N2O8S. The molecule has 0 amide bonds. The van der Waals surface area contributed by atoms with Gasteiger partial charge in [-0.15, -0.1) is 0 Å². The molecule has 1 aliphatic carbocycles. The van der Waals surface area contributed by atoms with E-state index in [-0.39, 0.29) is 23.3 Å². The number of morpholine rings is 1. The van der Waals surface area contributed by atoms with E-state index < -0.39 is 10.4 Å². The monoisotopic (exact) mass is 492 g/mol. The first-order valence-electron chi connectivity index (χ1n) is 10.8. The number of nitrogens with zero attached hydrogens (tertiary/aromatic N) is 2. The molecule has 4 rings (SSSR count). The lowest BCUT2D eigenvalue weighted by molar-refractivity contribution is -0.00731. The summed E-state index contributed by atoms with van der Waals surface area (Å²) >= 11 is 0. The van der Waals surface area contributed by atoms with Crippen LogP contribution in [0.5, 0.6) is 0 Å². The van der Waals surface area contributed by atoms with Crippen molar-refractivity contribution in [1.82, 2.24) is 4.90 Å². The van der Waals surface area contributed by atoms with Crippen LogP contribution in [0.3, 0.4) is 0 Å². The molecular weight excluding hydrogens is 464 g/mol. The number of ketones is 2. The minimum absolute atomic E-state index is 0.182. The summed E-state index contributed by atoms with van der Waals surface area (Å²) in [5.74, 6) is -0.407. The van der Waals surface area contributed by atoms with Crippen LogP contribution in [0, 0.1) is 0 Å². The van der Waals surface area contributed by atoms with Crippen molar-refractivity contribution < 1.29 is 36.7 Å². The van der Waals surface area contributed by atoms with E-state index >= 15 is 0 Å². The molecule has 0 aromatic heterocycles. The van der Waals surface area contributed by atoms with Gasteiger partial charge < -0.3 is 4.74 Å². The molecule has 10 nitrogen and oxygen atoms in total. The summed E-state index contributed by atoms with van der Waals surface area (Å²) in [6, 6.07) is 11.9. The molecule has 1 saturated heterocycles. The number of fused-ring (bicyclic) bond motifs is 2. The summed E-state index contributed by atoms with van der Waals surface area (Å²) in [5, 5.41) is 12.3. The average Bonchev–Trinajstić information content (AvgIpc) is 2.85. The lowest BCUT2D eigenvalue weighted by atomic mass is 9.83. The van der Waals surface area contributed by atoms with Gasteiger partial charge in [-0.05, 0) is 12.5 Å². The molecule has 1 fully saturated rings. The molecule has 1 aliphatic heterocycles. The SMILES string of the molecule is CCCC(N1CCOCC1)N(O)c1cccc2c1C(=O)c1ccccc1C2=O.COS(=O)(=O)O. The number of anilines is 1. The molecule has 1 heterocycles. The third kappa shape index (κ3) is 5.69. The van der Waals surface area contributed by atoms with Crippen molar-refractivity contribution in [2.24, 2.45) is 0 Å². The van der Waals surface area contributed by atoms with Gasteiger partial charge in [0.2, 0.25) is 0 Å². The van der Waals surface area contributed by atoms with Gasteiger partial charge in [0, 0.05) is 29.8 Å². The third-order valence-corrected chi connectivity index (χ3v) is 6.11. The summed E-state index contributed by atoms with van der Waals surface area (Å²) in [4.78, 5) is 28.3. The van der Waals surface area contributed by atoms with Crippen molar-refractivity contribution >= 4 is 27.7 Å². The highest BCUT2D eigenvalue weighted by molar-refractivity contribution is 7.80. The van der Waals surface area contributed by atoms with Gasteiger partial charge in [-0.1, -0.05) is 49.7 Å². The van der Waals surface area contributed by atoms with E-state index in [1.807, 2.05) is 0 Å². The fraction of sp³-hybridized carbons (Fsp3) is 0.391. The van der Waals surface area contributed by atoms with Gasteiger partial charge in [0.15, 0.2) is 11.6 Å². The van der Waals surface area contributed by atoms with Crippen molar-refractivity contribution in [3.05, 3.63) is 64.7 Å². The summed E-state index contributed by atoms with van der Waals surface area (Å²) < 4.78 is 35.1. The molecule has 0 radical (unpaired) electrons. The maximum absolute atomic E-state index is 13.2. The largest absolute Gasteiger partial charge is 0.397 e. The Kier molecular flexibility index (Phi) is 8.52. The van der Waals surface area contributed by atoms with Crippen LogP contribution in [0.25, 0.3) is 0 Å². The molecule has 0 spiro atoms. The Morgan fingerprint density at radius 1 is 1.03 bits per heavy atom. The molecule has 2 aliphatic rings. The van der Waals surface area contributed by atoms with Gasteiger partial charge in [0.25, 0.3) is 0 Å². The van der Waals surface area contributed by atoms with E-state index in [9.17, 15) is 23.2 Å². The average molecular weight is 493 g/mol. The number of rotatable bonds is 6. The molecule has 184 valence electrons. The number of hydroxylamine groups is 1. The first-order chi connectivity index (χ1) is 16.2. The first-order valence-corrected chi connectivity index (χ1v) is 12.2. The molecule has 2 aromatic carbocycles.